The summed E-state index contributed by atoms with van der Waals surface area (Å²) in [4.78, 5) is 22.1. The standard InChI is InChI=1S/C20H24F2N6/c21-18(22)16-11-17(26-19(25-16)13-5-6-13)27-7-9-28(10-8-27)20-14-3-1-2-4-15(14)23-12-24-20/h11-13,18H,1-10H2. The molecule has 2 aliphatic carbocycles. The molecule has 0 bridgehead atoms. The van der Waals surface area contributed by atoms with Crippen molar-refractivity contribution in [2.45, 2.75) is 50.9 Å². The molecule has 3 heterocycles. The molecule has 8 heteroatoms. The number of hydrogen-bond donors (Lipinski definition) is 0. The fraction of sp³-hybridized carbons (Fsp3) is 0.600. The van der Waals surface area contributed by atoms with Crippen LogP contribution in [0.1, 0.15) is 60.8 Å². The molecule has 0 radical (unpaired) electrons. The van der Waals surface area contributed by atoms with Crippen molar-refractivity contribution in [1.29, 1.82) is 0 Å². The van der Waals surface area contributed by atoms with E-state index < -0.39 is 6.43 Å². The van der Waals surface area contributed by atoms with Crippen LogP contribution in [0.25, 0.3) is 0 Å². The molecule has 0 N–H and O–H groups in total. The van der Waals surface area contributed by atoms with E-state index in [0.29, 0.717) is 11.6 Å². The quantitative estimate of drug-likeness (QED) is 0.804. The predicted molar refractivity (Wildman–Crippen MR) is 102 cm³/mol. The van der Waals surface area contributed by atoms with E-state index in [-0.39, 0.29) is 11.6 Å². The zero-order valence-corrected chi connectivity index (χ0v) is 15.8. The summed E-state index contributed by atoms with van der Waals surface area (Å²) in [5.74, 6) is 2.53. The second-order valence-corrected chi connectivity index (χ2v) is 7.89. The second kappa shape index (κ2) is 7.22. The molecular weight excluding hydrogens is 362 g/mol. The molecule has 3 aliphatic rings. The van der Waals surface area contributed by atoms with Crippen LogP contribution in [0, 0.1) is 0 Å². The van der Waals surface area contributed by atoms with Crippen LogP contribution < -0.4 is 9.80 Å². The minimum Gasteiger partial charge on any atom is -0.353 e. The molecule has 28 heavy (non-hydrogen) atoms. The second-order valence-electron chi connectivity index (χ2n) is 7.89. The molecule has 0 unspecified atom stereocenters. The summed E-state index contributed by atoms with van der Waals surface area (Å²) in [6.45, 7) is 3.08. The number of piperazine rings is 1. The highest BCUT2D eigenvalue weighted by atomic mass is 19.3. The number of aryl methyl sites for hydroxylation is 1. The van der Waals surface area contributed by atoms with Gasteiger partial charge in [0.15, 0.2) is 0 Å². The minimum atomic E-state index is -2.56. The molecule has 2 aromatic heterocycles. The molecule has 0 spiro atoms. The van der Waals surface area contributed by atoms with Crippen LogP contribution in [-0.2, 0) is 12.8 Å². The van der Waals surface area contributed by atoms with Gasteiger partial charge in [-0.15, -0.1) is 0 Å². The van der Waals surface area contributed by atoms with Crippen molar-refractivity contribution in [2.24, 2.45) is 0 Å². The van der Waals surface area contributed by atoms with Crippen molar-refractivity contribution < 1.29 is 8.78 Å². The zero-order chi connectivity index (χ0) is 19.1. The molecule has 148 valence electrons. The molecular formula is C20H24F2N6. The van der Waals surface area contributed by atoms with Gasteiger partial charge in [0.25, 0.3) is 6.43 Å². The number of rotatable bonds is 4. The Kier molecular flexibility index (Phi) is 4.56. The number of halogens is 2. The van der Waals surface area contributed by atoms with Gasteiger partial charge in [-0.05, 0) is 38.5 Å². The monoisotopic (exact) mass is 386 g/mol. The van der Waals surface area contributed by atoms with Crippen LogP contribution in [0.2, 0.25) is 0 Å². The van der Waals surface area contributed by atoms with E-state index in [1.54, 1.807) is 6.33 Å². The molecule has 0 amide bonds. The van der Waals surface area contributed by atoms with Crippen molar-refractivity contribution in [1.82, 2.24) is 19.9 Å². The average molecular weight is 386 g/mol. The van der Waals surface area contributed by atoms with E-state index in [4.69, 9.17) is 0 Å². The van der Waals surface area contributed by atoms with Crippen molar-refractivity contribution in [3.05, 3.63) is 35.2 Å². The summed E-state index contributed by atoms with van der Waals surface area (Å²) in [6, 6.07) is 1.46. The molecule has 1 aliphatic heterocycles. The van der Waals surface area contributed by atoms with Crippen molar-refractivity contribution in [2.75, 3.05) is 36.0 Å². The van der Waals surface area contributed by atoms with Crippen LogP contribution in [0.4, 0.5) is 20.4 Å². The third kappa shape index (κ3) is 3.40. The lowest BCUT2D eigenvalue weighted by Gasteiger charge is -2.37. The molecule has 2 fully saturated rings. The average Bonchev–Trinajstić information content (AvgIpc) is 3.59. The van der Waals surface area contributed by atoms with Gasteiger partial charge in [0.05, 0.1) is 0 Å². The fourth-order valence-electron chi connectivity index (χ4n) is 4.19. The number of anilines is 2. The Morgan fingerprint density at radius 1 is 0.929 bits per heavy atom. The first-order valence-electron chi connectivity index (χ1n) is 10.2. The smallest absolute Gasteiger partial charge is 0.280 e. The SMILES string of the molecule is FC(F)c1cc(N2CCN(c3ncnc4c3CCCC4)CC2)nc(C2CC2)n1. The van der Waals surface area contributed by atoms with Crippen molar-refractivity contribution in [3.8, 4) is 0 Å². The number of nitrogens with zero attached hydrogens (tertiary/aromatic N) is 6. The molecule has 0 atom stereocenters. The summed E-state index contributed by atoms with van der Waals surface area (Å²) >= 11 is 0. The maximum Gasteiger partial charge on any atom is 0.280 e. The molecule has 2 aromatic rings. The first-order valence-corrected chi connectivity index (χ1v) is 10.2. The van der Waals surface area contributed by atoms with Gasteiger partial charge in [-0.1, -0.05) is 0 Å². The fourth-order valence-corrected chi connectivity index (χ4v) is 4.19. The van der Waals surface area contributed by atoms with Gasteiger partial charge in [-0.2, -0.15) is 0 Å². The Bertz CT molecular complexity index is 842. The van der Waals surface area contributed by atoms with Crippen LogP contribution in [0.3, 0.4) is 0 Å². The van der Waals surface area contributed by atoms with Gasteiger partial charge in [-0.25, -0.2) is 28.7 Å². The number of hydrogen-bond acceptors (Lipinski definition) is 6. The van der Waals surface area contributed by atoms with Gasteiger partial charge in [0, 0.05) is 49.4 Å². The summed E-state index contributed by atoms with van der Waals surface area (Å²) < 4.78 is 26.6. The third-order valence-electron chi connectivity index (χ3n) is 5.92. The molecule has 5 rings (SSSR count). The van der Waals surface area contributed by atoms with Crippen LogP contribution in [-0.4, -0.2) is 46.1 Å². The maximum atomic E-state index is 13.3. The van der Waals surface area contributed by atoms with Crippen LogP contribution in [0.5, 0.6) is 0 Å². The van der Waals surface area contributed by atoms with E-state index in [1.165, 1.54) is 30.2 Å². The minimum absolute atomic E-state index is 0.154. The highest BCUT2D eigenvalue weighted by Crippen LogP contribution is 2.39. The topological polar surface area (TPSA) is 58.0 Å². The first kappa shape index (κ1) is 17.7. The van der Waals surface area contributed by atoms with E-state index in [2.05, 4.69) is 29.7 Å². The van der Waals surface area contributed by atoms with Crippen molar-refractivity contribution >= 4 is 11.6 Å². The van der Waals surface area contributed by atoms with Gasteiger partial charge < -0.3 is 9.80 Å². The van der Waals surface area contributed by atoms with Crippen molar-refractivity contribution in [3.63, 3.8) is 0 Å². The van der Waals surface area contributed by atoms with E-state index >= 15 is 0 Å². The van der Waals surface area contributed by atoms with Gasteiger partial charge in [0.1, 0.15) is 29.5 Å². The zero-order valence-electron chi connectivity index (χ0n) is 15.8. The van der Waals surface area contributed by atoms with E-state index in [0.717, 1.165) is 57.7 Å². The lowest BCUT2D eigenvalue weighted by Crippen LogP contribution is -2.47. The Morgan fingerprint density at radius 3 is 2.43 bits per heavy atom. The van der Waals surface area contributed by atoms with Crippen LogP contribution in [0.15, 0.2) is 12.4 Å². The van der Waals surface area contributed by atoms with Gasteiger partial charge in [-0.3, -0.25) is 0 Å². The highest BCUT2D eigenvalue weighted by Gasteiger charge is 2.30. The maximum absolute atomic E-state index is 13.3. The summed E-state index contributed by atoms with van der Waals surface area (Å²) in [5, 5.41) is 0. The van der Waals surface area contributed by atoms with Gasteiger partial charge in [0.2, 0.25) is 0 Å². The van der Waals surface area contributed by atoms with E-state index in [9.17, 15) is 8.78 Å². The lowest BCUT2D eigenvalue weighted by molar-refractivity contribution is 0.145. The summed E-state index contributed by atoms with van der Waals surface area (Å²) in [7, 11) is 0. The third-order valence-corrected chi connectivity index (χ3v) is 5.92. The lowest BCUT2D eigenvalue weighted by atomic mass is 9.96. The Balaban J connectivity index is 1.34. The Hall–Kier alpha value is -2.38. The summed E-state index contributed by atoms with van der Waals surface area (Å²) in [6.07, 6.45) is 5.57. The normalized spacial score (nSPS) is 19.8. The van der Waals surface area contributed by atoms with Gasteiger partial charge >= 0.3 is 0 Å². The largest absolute Gasteiger partial charge is 0.353 e. The highest BCUT2D eigenvalue weighted by molar-refractivity contribution is 5.52. The van der Waals surface area contributed by atoms with Crippen LogP contribution >= 0.6 is 0 Å². The molecule has 6 nitrogen and oxygen atoms in total. The number of fused-ring (bicyclic) bond motifs is 1. The Labute approximate surface area is 163 Å². The van der Waals surface area contributed by atoms with E-state index in [1.807, 2.05) is 0 Å². The number of alkyl halides is 2. The number of aromatic nitrogens is 4. The molecule has 1 saturated heterocycles. The molecule has 1 saturated carbocycles. The Morgan fingerprint density at radius 2 is 1.68 bits per heavy atom. The molecule has 0 aromatic carbocycles. The predicted octanol–water partition coefficient (Wildman–Crippen LogP) is 3.29. The summed E-state index contributed by atoms with van der Waals surface area (Å²) in [5.41, 5.74) is 2.32. The first-order chi connectivity index (χ1) is 13.7.